The molecular weight excluding hydrogens is 188 g/mol. The quantitative estimate of drug-likeness (QED) is 0.410. The standard InChI is InChI=1S/C13H26S/c1-4-6-7-8-9-10-11(3)13-12(5-2)14-13/h11-13H,4-10H2,1-3H3. The molecule has 84 valence electrons. The largest absolute Gasteiger partial charge is 0.153 e. The number of hydrogen-bond donors (Lipinski definition) is 0. The Morgan fingerprint density at radius 2 is 1.79 bits per heavy atom. The minimum absolute atomic E-state index is 0.978. The van der Waals surface area contributed by atoms with E-state index >= 15 is 0 Å². The van der Waals surface area contributed by atoms with Gasteiger partial charge in [0.2, 0.25) is 0 Å². The van der Waals surface area contributed by atoms with Crippen LogP contribution in [0.25, 0.3) is 0 Å². The third kappa shape index (κ3) is 4.25. The van der Waals surface area contributed by atoms with Crippen molar-refractivity contribution in [2.45, 2.75) is 76.2 Å². The Morgan fingerprint density at radius 1 is 1.07 bits per heavy atom. The van der Waals surface area contributed by atoms with E-state index in [0.717, 1.165) is 16.4 Å². The van der Waals surface area contributed by atoms with Crippen LogP contribution in [0.5, 0.6) is 0 Å². The van der Waals surface area contributed by atoms with E-state index in [9.17, 15) is 0 Å². The molecule has 1 rings (SSSR count). The van der Waals surface area contributed by atoms with E-state index in [4.69, 9.17) is 0 Å². The van der Waals surface area contributed by atoms with Gasteiger partial charge in [0.25, 0.3) is 0 Å². The van der Waals surface area contributed by atoms with Crippen molar-refractivity contribution in [3.63, 3.8) is 0 Å². The van der Waals surface area contributed by atoms with Gasteiger partial charge in [-0.1, -0.05) is 52.9 Å². The molecule has 0 aromatic rings. The van der Waals surface area contributed by atoms with Gasteiger partial charge in [-0.3, -0.25) is 0 Å². The van der Waals surface area contributed by atoms with E-state index in [-0.39, 0.29) is 0 Å². The highest BCUT2D eigenvalue weighted by Crippen LogP contribution is 2.49. The summed E-state index contributed by atoms with van der Waals surface area (Å²) in [5.74, 6) is 0.978. The minimum atomic E-state index is 0.978. The van der Waals surface area contributed by atoms with E-state index in [1.54, 1.807) is 0 Å². The lowest BCUT2D eigenvalue weighted by Gasteiger charge is -2.08. The third-order valence-corrected chi connectivity index (χ3v) is 5.12. The fourth-order valence-electron chi connectivity index (χ4n) is 2.22. The third-order valence-electron chi connectivity index (χ3n) is 3.35. The Hall–Kier alpha value is 0.350. The zero-order valence-corrected chi connectivity index (χ0v) is 10.9. The smallest absolute Gasteiger partial charge is 0.0195 e. The molecule has 0 bridgehead atoms. The fraction of sp³-hybridized carbons (Fsp3) is 1.00. The molecule has 14 heavy (non-hydrogen) atoms. The lowest BCUT2D eigenvalue weighted by Crippen LogP contribution is -2.05. The van der Waals surface area contributed by atoms with Crippen LogP contribution < -0.4 is 0 Å². The summed E-state index contributed by atoms with van der Waals surface area (Å²) in [4.78, 5) is 0. The average Bonchev–Trinajstić information content (AvgIpc) is 2.96. The highest BCUT2D eigenvalue weighted by atomic mass is 32.2. The molecule has 1 aliphatic rings. The lowest BCUT2D eigenvalue weighted by atomic mass is 9.97. The number of unbranched alkanes of at least 4 members (excludes halogenated alkanes) is 4. The lowest BCUT2D eigenvalue weighted by molar-refractivity contribution is 0.482. The van der Waals surface area contributed by atoms with Gasteiger partial charge >= 0.3 is 0 Å². The zero-order chi connectivity index (χ0) is 10.4. The summed E-state index contributed by atoms with van der Waals surface area (Å²) in [5.41, 5.74) is 0. The number of hydrogen-bond acceptors (Lipinski definition) is 1. The van der Waals surface area contributed by atoms with Crippen LogP contribution in [-0.2, 0) is 0 Å². The molecule has 0 aromatic carbocycles. The van der Waals surface area contributed by atoms with Crippen LogP contribution in [0.2, 0.25) is 0 Å². The molecule has 1 heterocycles. The first-order valence-corrected chi connectivity index (χ1v) is 7.39. The summed E-state index contributed by atoms with van der Waals surface area (Å²) in [5, 5.41) is 2.03. The first-order chi connectivity index (χ1) is 6.79. The van der Waals surface area contributed by atoms with Crippen LogP contribution in [0, 0.1) is 5.92 Å². The molecule has 0 radical (unpaired) electrons. The second-order valence-electron chi connectivity index (χ2n) is 4.73. The molecule has 0 aliphatic carbocycles. The molecular formula is C13H26S. The first-order valence-electron chi connectivity index (χ1n) is 6.45. The second-order valence-corrected chi connectivity index (χ2v) is 6.15. The SMILES string of the molecule is CCCCCCCC(C)C1SC1CC. The highest BCUT2D eigenvalue weighted by molar-refractivity contribution is 8.07. The Bertz CT molecular complexity index is 144. The Balaban J connectivity index is 1.91. The maximum Gasteiger partial charge on any atom is 0.0195 e. The molecule has 1 saturated heterocycles. The van der Waals surface area contributed by atoms with Crippen molar-refractivity contribution in [2.24, 2.45) is 5.92 Å². The van der Waals surface area contributed by atoms with Crippen molar-refractivity contribution < 1.29 is 0 Å². The molecule has 1 fully saturated rings. The molecule has 3 atom stereocenters. The number of rotatable bonds is 8. The topological polar surface area (TPSA) is 0 Å². The van der Waals surface area contributed by atoms with Crippen molar-refractivity contribution in [1.29, 1.82) is 0 Å². The van der Waals surface area contributed by atoms with Gasteiger partial charge in [-0.25, -0.2) is 0 Å². The maximum atomic E-state index is 2.45. The van der Waals surface area contributed by atoms with Crippen molar-refractivity contribution in [3.8, 4) is 0 Å². The normalized spacial score (nSPS) is 27.6. The van der Waals surface area contributed by atoms with E-state index in [1.807, 2.05) is 0 Å². The predicted molar refractivity (Wildman–Crippen MR) is 68.0 cm³/mol. The molecule has 1 aliphatic heterocycles. The van der Waals surface area contributed by atoms with Gasteiger partial charge in [-0.05, 0) is 18.8 Å². The van der Waals surface area contributed by atoms with Crippen molar-refractivity contribution in [1.82, 2.24) is 0 Å². The summed E-state index contributed by atoms with van der Waals surface area (Å²) in [7, 11) is 0. The van der Waals surface area contributed by atoms with E-state index in [1.165, 1.54) is 44.9 Å². The Labute approximate surface area is 94.2 Å². The minimum Gasteiger partial charge on any atom is -0.153 e. The van der Waals surface area contributed by atoms with Crippen LogP contribution in [0.1, 0.15) is 65.7 Å². The monoisotopic (exact) mass is 214 g/mol. The molecule has 0 N–H and O–H groups in total. The molecule has 0 amide bonds. The van der Waals surface area contributed by atoms with Gasteiger partial charge < -0.3 is 0 Å². The Kier molecular flexibility index (Phi) is 6.00. The number of thioether (sulfide) groups is 1. The van der Waals surface area contributed by atoms with E-state index in [0.29, 0.717) is 0 Å². The predicted octanol–water partition coefficient (Wildman–Crippen LogP) is 4.88. The molecule has 1 heteroatoms. The van der Waals surface area contributed by atoms with Crippen LogP contribution in [0.3, 0.4) is 0 Å². The van der Waals surface area contributed by atoms with E-state index in [2.05, 4.69) is 32.5 Å². The molecule has 3 unspecified atom stereocenters. The molecule has 0 spiro atoms. The van der Waals surface area contributed by atoms with Gasteiger partial charge in [-0.2, -0.15) is 11.8 Å². The van der Waals surface area contributed by atoms with Crippen LogP contribution >= 0.6 is 11.8 Å². The summed E-state index contributed by atoms with van der Waals surface area (Å²) >= 11 is 2.21. The van der Waals surface area contributed by atoms with Gasteiger partial charge in [0, 0.05) is 10.5 Å². The summed E-state index contributed by atoms with van der Waals surface area (Å²) in [6.45, 7) is 7.06. The van der Waals surface area contributed by atoms with Crippen LogP contribution in [0.4, 0.5) is 0 Å². The summed E-state index contributed by atoms with van der Waals surface area (Å²) in [6.07, 6.45) is 10.0. The van der Waals surface area contributed by atoms with Crippen molar-refractivity contribution in [3.05, 3.63) is 0 Å². The highest BCUT2D eigenvalue weighted by Gasteiger charge is 2.39. The molecule has 0 nitrogen and oxygen atoms in total. The first kappa shape index (κ1) is 12.4. The summed E-state index contributed by atoms with van der Waals surface area (Å²) < 4.78 is 0. The van der Waals surface area contributed by atoms with Gasteiger partial charge in [0.15, 0.2) is 0 Å². The Morgan fingerprint density at radius 3 is 2.36 bits per heavy atom. The zero-order valence-electron chi connectivity index (χ0n) is 10.1. The molecule has 0 saturated carbocycles. The van der Waals surface area contributed by atoms with Crippen molar-refractivity contribution in [2.75, 3.05) is 0 Å². The molecule has 0 aromatic heterocycles. The van der Waals surface area contributed by atoms with Crippen LogP contribution in [-0.4, -0.2) is 10.5 Å². The van der Waals surface area contributed by atoms with Crippen LogP contribution in [0.15, 0.2) is 0 Å². The second kappa shape index (κ2) is 6.76. The van der Waals surface area contributed by atoms with Gasteiger partial charge in [0.1, 0.15) is 0 Å². The van der Waals surface area contributed by atoms with Gasteiger partial charge in [-0.15, -0.1) is 0 Å². The maximum absolute atomic E-state index is 2.45. The fourth-order valence-corrected chi connectivity index (χ4v) is 3.59. The average molecular weight is 214 g/mol. The summed E-state index contributed by atoms with van der Waals surface area (Å²) in [6, 6.07) is 0. The van der Waals surface area contributed by atoms with E-state index < -0.39 is 0 Å². The van der Waals surface area contributed by atoms with Gasteiger partial charge in [0.05, 0.1) is 0 Å². The van der Waals surface area contributed by atoms with Crippen molar-refractivity contribution >= 4 is 11.8 Å².